The first kappa shape index (κ1) is 15.8. The molecule has 4 rings (SSSR count). The molecule has 0 aliphatic heterocycles. The zero-order valence-corrected chi connectivity index (χ0v) is 13.9. The van der Waals surface area contributed by atoms with Crippen LogP contribution in [0.25, 0.3) is 22.2 Å². The molecule has 4 aromatic rings. The van der Waals surface area contributed by atoms with E-state index in [1.807, 2.05) is 78.9 Å². The van der Waals surface area contributed by atoms with Gasteiger partial charge in [0.25, 0.3) is 0 Å². The Bertz CT molecular complexity index is 1060. The number of anilines is 2. The Balaban J connectivity index is 1.59. The van der Waals surface area contributed by atoms with Gasteiger partial charge in [-0.3, -0.25) is 0 Å². The van der Waals surface area contributed by atoms with Gasteiger partial charge in [0.1, 0.15) is 6.33 Å². The fraction of sp³-hybridized carbons (Fsp3) is 0. The molecule has 1 heterocycles. The second-order valence-electron chi connectivity index (χ2n) is 5.77. The fourth-order valence-corrected chi connectivity index (χ4v) is 2.79. The molecule has 2 amide bonds. The first-order chi connectivity index (χ1) is 12.8. The van der Waals surface area contributed by atoms with E-state index in [-0.39, 0.29) is 6.03 Å². The van der Waals surface area contributed by atoms with E-state index in [1.54, 1.807) is 6.33 Å². The molecule has 0 spiro atoms. The molecule has 0 aliphatic carbocycles. The van der Waals surface area contributed by atoms with Gasteiger partial charge in [0, 0.05) is 22.3 Å². The molecule has 26 heavy (non-hydrogen) atoms. The highest BCUT2D eigenvalue weighted by Crippen LogP contribution is 2.27. The van der Waals surface area contributed by atoms with Gasteiger partial charge in [-0.1, -0.05) is 48.5 Å². The number of benzene rings is 3. The predicted molar refractivity (Wildman–Crippen MR) is 104 cm³/mol. The summed E-state index contributed by atoms with van der Waals surface area (Å²) in [6.45, 7) is 0. The Labute approximate surface area is 150 Å². The van der Waals surface area contributed by atoms with Crippen LogP contribution in [-0.4, -0.2) is 16.0 Å². The largest absolute Gasteiger partial charge is 0.323 e. The molecule has 1 aromatic heterocycles. The van der Waals surface area contributed by atoms with Crippen LogP contribution in [0.2, 0.25) is 0 Å². The average molecular weight is 340 g/mol. The first-order valence-corrected chi connectivity index (χ1v) is 8.23. The highest BCUT2D eigenvalue weighted by Gasteiger charge is 2.08. The van der Waals surface area contributed by atoms with Crippen LogP contribution in [0.5, 0.6) is 0 Å². The Morgan fingerprint density at radius 3 is 2.35 bits per heavy atom. The second kappa shape index (κ2) is 7.03. The van der Waals surface area contributed by atoms with Crippen LogP contribution in [0.15, 0.2) is 85.2 Å². The van der Waals surface area contributed by atoms with Crippen molar-refractivity contribution in [2.24, 2.45) is 0 Å². The maximum Gasteiger partial charge on any atom is 0.323 e. The van der Waals surface area contributed by atoms with Gasteiger partial charge in [-0.25, -0.2) is 14.8 Å². The molecule has 3 aromatic carbocycles. The highest BCUT2D eigenvalue weighted by atomic mass is 16.2. The van der Waals surface area contributed by atoms with Crippen LogP contribution < -0.4 is 10.6 Å². The Hall–Kier alpha value is -3.73. The Morgan fingerprint density at radius 1 is 0.731 bits per heavy atom. The number of fused-ring (bicyclic) bond motifs is 1. The van der Waals surface area contributed by atoms with Crippen LogP contribution >= 0.6 is 0 Å². The molecule has 0 fully saturated rings. The minimum atomic E-state index is -0.291. The van der Waals surface area contributed by atoms with Gasteiger partial charge in [-0.05, 0) is 30.3 Å². The lowest BCUT2D eigenvalue weighted by Gasteiger charge is -2.10. The van der Waals surface area contributed by atoms with Crippen LogP contribution in [0, 0.1) is 0 Å². The minimum absolute atomic E-state index is 0.291. The highest BCUT2D eigenvalue weighted by molar-refractivity contribution is 6.00. The van der Waals surface area contributed by atoms with Crippen LogP contribution in [0.3, 0.4) is 0 Å². The van der Waals surface area contributed by atoms with Crippen molar-refractivity contribution in [1.29, 1.82) is 0 Å². The second-order valence-corrected chi connectivity index (χ2v) is 5.77. The molecule has 5 nitrogen and oxygen atoms in total. The monoisotopic (exact) mass is 340 g/mol. The lowest BCUT2D eigenvalue weighted by atomic mass is 10.1. The molecule has 126 valence electrons. The molecule has 0 saturated carbocycles. The number of amides is 2. The number of rotatable bonds is 3. The quantitative estimate of drug-likeness (QED) is 0.555. The number of hydrogen-bond acceptors (Lipinski definition) is 3. The van der Waals surface area contributed by atoms with Gasteiger partial charge in [0.05, 0.1) is 11.2 Å². The molecular formula is C21H16N4O. The van der Waals surface area contributed by atoms with Gasteiger partial charge in [0.2, 0.25) is 0 Å². The summed E-state index contributed by atoms with van der Waals surface area (Å²) in [7, 11) is 0. The Morgan fingerprint density at radius 2 is 1.46 bits per heavy atom. The fourth-order valence-electron chi connectivity index (χ4n) is 2.79. The van der Waals surface area contributed by atoms with E-state index < -0.39 is 0 Å². The number of nitrogens with zero attached hydrogens (tertiary/aromatic N) is 2. The third kappa shape index (κ3) is 3.37. The maximum absolute atomic E-state index is 12.2. The summed E-state index contributed by atoms with van der Waals surface area (Å²) in [6, 6.07) is 24.5. The van der Waals surface area contributed by atoms with Crippen molar-refractivity contribution in [3.05, 3.63) is 85.2 Å². The topological polar surface area (TPSA) is 66.9 Å². The van der Waals surface area contributed by atoms with Gasteiger partial charge in [0.15, 0.2) is 0 Å². The summed E-state index contributed by atoms with van der Waals surface area (Å²) in [4.78, 5) is 20.9. The number of para-hydroxylation sites is 2. The van der Waals surface area contributed by atoms with E-state index >= 15 is 0 Å². The summed E-state index contributed by atoms with van der Waals surface area (Å²) in [5.74, 6) is 0. The number of hydrogen-bond donors (Lipinski definition) is 2. The van der Waals surface area contributed by atoms with Crippen molar-refractivity contribution in [3.63, 3.8) is 0 Å². The number of carbonyl (C=O) groups excluding carboxylic acids is 1. The third-order valence-electron chi connectivity index (χ3n) is 3.97. The molecule has 0 unspecified atom stereocenters. The van der Waals surface area contributed by atoms with E-state index in [1.165, 1.54) is 0 Å². The number of aromatic nitrogens is 2. The van der Waals surface area contributed by atoms with Gasteiger partial charge >= 0.3 is 6.03 Å². The standard InChI is InChI=1S/C21H16N4O/c26-21(24-16-8-2-1-3-9-16)25-17-10-6-7-15(13-17)20-18-11-4-5-12-19(18)22-14-23-20/h1-14H,(H2,24,25,26). The number of nitrogens with one attached hydrogen (secondary N) is 2. The molecule has 0 saturated heterocycles. The normalized spacial score (nSPS) is 10.5. The van der Waals surface area contributed by atoms with Gasteiger partial charge in [-0.2, -0.15) is 0 Å². The summed E-state index contributed by atoms with van der Waals surface area (Å²) in [5, 5.41) is 6.63. The van der Waals surface area contributed by atoms with Crippen molar-refractivity contribution in [3.8, 4) is 11.3 Å². The van der Waals surface area contributed by atoms with Gasteiger partial charge in [-0.15, -0.1) is 0 Å². The van der Waals surface area contributed by atoms with Crippen molar-refractivity contribution < 1.29 is 4.79 Å². The average Bonchev–Trinajstić information content (AvgIpc) is 2.68. The molecule has 0 atom stereocenters. The smallest absolute Gasteiger partial charge is 0.308 e. The Kier molecular flexibility index (Phi) is 4.26. The SMILES string of the molecule is O=C(Nc1ccccc1)Nc1cccc(-c2ncnc3ccccc23)c1. The number of urea groups is 1. The van der Waals surface area contributed by atoms with Crippen molar-refractivity contribution in [1.82, 2.24) is 9.97 Å². The van der Waals surface area contributed by atoms with E-state index in [0.29, 0.717) is 5.69 Å². The van der Waals surface area contributed by atoms with Crippen LogP contribution in [0.4, 0.5) is 16.2 Å². The minimum Gasteiger partial charge on any atom is -0.308 e. The van der Waals surface area contributed by atoms with Crippen LogP contribution in [-0.2, 0) is 0 Å². The molecule has 2 N–H and O–H groups in total. The molecule has 0 aliphatic rings. The molecule has 0 radical (unpaired) electrons. The summed E-state index contributed by atoms with van der Waals surface area (Å²) in [5.41, 5.74) is 4.07. The van der Waals surface area contributed by atoms with Crippen molar-refractivity contribution in [2.45, 2.75) is 0 Å². The molecule has 0 bridgehead atoms. The summed E-state index contributed by atoms with van der Waals surface area (Å²) < 4.78 is 0. The first-order valence-electron chi connectivity index (χ1n) is 8.23. The lowest BCUT2D eigenvalue weighted by Crippen LogP contribution is -2.19. The van der Waals surface area contributed by atoms with E-state index in [0.717, 1.165) is 27.8 Å². The summed E-state index contributed by atoms with van der Waals surface area (Å²) >= 11 is 0. The summed E-state index contributed by atoms with van der Waals surface area (Å²) in [6.07, 6.45) is 1.56. The van der Waals surface area contributed by atoms with E-state index in [2.05, 4.69) is 20.6 Å². The predicted octanol–water partition coefficient (Wildman–Crippen LogP) is 4.94. The zero-order chi connectivity index (χ0) is 17.8. The third-order valence-corrected chi connectivity index (χ3v) is 3.97. The van der Waals surface area contributed by atoms with Crippen molar-refractivity contribution in [2.75, 3.05) is 10.6 Å². The molecular weight excluding hydrogens is 324 g/mol. The van der Waals surface area contributed by atoms with Crippen molar-refractivity contribution >= 4 is 28.3 Å². The maximum atomic E-state index is 12.2. The van der Waals surface area contributed by atoms with Gasteiger partial charge < -0.3 is 10.6 Å². The van der Waals surface area contributed by atoms with E-state index in [4.69, 9.17) is 0 Å². The molecule has 5 heteroatoms. The number of carbonyl (C=O) groups is 1. The zero-order valence-electron chi connectivity index (χ0n) is 13.9. The van der Waals surface area contributed by atoms with E-state index in [9.17, 15) is 4.79 Å². The van der Waals surface area contributed by atoms with Crippen LogP contribution in [0.1, 0.15) is 0 Å². The lowest BCUT2D eigenvalue weighted by molar-refractivity contribution is 0.262.